The molecule has 1 N–H and O–H groups in total. The first kappa shape index (κ1) is 17.0. The second kappa shape index (κ2) is 7.34. The summed E-state index contributed by atoms with van der Waals surface area (Å²) in [6, 6.07) is 3.06. The molecule has 0 aliphatic carbocycles. The number of esters is 1. The van der Waals surface area contributed by atoms with Crippen LogP contribution in [0.15, 0.2) is 37.1 Å². The number of aromatic nitrogens is 6. The molecular weight excluding hydrogens is 342 g/mol. The quantitative estimate of drug-likeness (QED) is 0.649. The molecule has 0 saturated heterocycles. The molecule has 3 rings (SSSR count). The number of amides is 1. The highest BCUT2D eigenvalue weighted by Gasteiger charge is 2.19. The Labute approximate surface area is 147 Å². The van der Waals surface area contributed by atoms with Gasteiger partial charge >= 0.3 is 12.0 Å². The molecule has 26 heavy (non-hydrogen) atoms. The third kappa shape index (κ3) is 3.45. The Morgan fingerprint density at radius 2 is 2.04 bits per heavy atom. The maximum absolute atomic E-state index is 12.4. The zero-order chi connectivity index (χ0) is 18.5. The van der Waals surface area contributed by atoms with Crippen molar-refractivity contribution in [1.82, 2.24) is 29.7 Å². The second-order valence-corrected chi connectivity index (χ2v) is 4.81. The van der Waals surface area contributed by atoms with Crippen LogP contribution in [0, 0.1) is 0 Å². The van der Waals surface area contributed by atoms with E-state index in [1.807, 2.05) is 0 Å². The summed E-state index contributed by atoms with van der Waals surface area (Å²) >= 11 is 0. The van der Waals surface area contributed by atoms with E-state index in [0.29, 0.717) is 5.82 Å². The molecule has 0 atom stereocenters. The van der Waals surface area contributed by atoms with Gasteiger partial charge in [0.25, 0.3) is 5.91 Å². The summed E-state index contributed by atoms with van der Waals surface area (Å²) in [5, 5.41) is 10.3. The van der Waals surface area contributed by atoms with Crippen LogP contribution in [0.1, 0.15) is 21.0 Å². The topological polar surface area (TPSA) is 134 Å². The molecule has 0 saturated carbocycles. The number of ether oxygens (including phenoxy) is 2. The number of nitrogens with one attached hydrogen (secondary N) is 1. The van der Waals surface area contributed by atoms with E-state index in [4.69, 9.17) is 4.74 Å². The fourth-order valence-corrected chi connectivity index (χ4v) is 1.97. The standard InChI is InChI=1S/C15H13N7O4/c1-25-14(24)12-10(7-17-15(19-12)26-2)18-13(23)9-3-4-11(21-20-9)22-6-5-16-8-22/h3-8H,1-2H3,(H,18,23). The van der Waals surface area contributed by atoms with Gasteiger partial charge in [0.05, 0.1) is 26.1 Å². The molecule has 132 valence electrons. The lowest BCUT2D eigenvalue weighted by atomic mass is 10.3. The average molecular weight is 355 g/mol. The average Bonchev–Trinajstić information content (AvgIpc) is 3.22. The molecule has 3 aromatic heterocycles. The normalized spacial score (nSPS) is 10.2. The number of hydrogen-bond donors (Lipinski definition) is 1. The van der Waals surface area contributed by atoms with Gasteiger partial charge in [0.1, 0.15) is 6.33 Å². The highest BCUT2D eigenvalue weighted by molar-refractivity contribution is 6.06. The summed E-state index contributed by atoms with van der Waals surface area (Å²) in [5.74, 6) is -0.835. The zero-order valence-corrected chi connectivity index (χ0v) is 13.8. The molecule has 0 spiro atoms. The van der Waals surface area contributed by atoms with E-state index in [9.17, 15) is 9.59 Å². The molecule has 0 bridgehead atoms. The van der Waals surface area contributed by atoms with Crippen molar-refractivity contribution in [2.45, 2.75) is 0 Å². The van der Waals surface area contributed by atoms with Gasteiger partial charge in [0.15, 0.2) is 17.2 Å². The lowest BCUT2D eigenvalue weighted by molar-refractivity contribution is 0.0594. The predicted octanol–water partition coefficient (Wildman–Crippen LogP) is 0.500. The van der Waals surface area contributed by atoms with Crippen molar-refractivity contribution < 1.29 is 19.1 Å². The molecule has 0 aromatic carbocycles. The Balaban J connectivity index is 1.82. The fourth-order valence-electron chi connectivity index (χ4n) is 1.97. The number of carbonyl (C=O) groups is 2. The number of carbonyl (C=O) groups excluding carboxylic acids is 2. The monoisotopic (exact) mass is 355 g/mol. The number of nitrogens with zero attached hydrogens (tertiary/aromatic N) is 6. The maximum atomic E-state index is 12.4. The van der Waals surface area contributed by atoms with Gasteiger partial charge in [-0.15, -0.1) is 10.2 Å². The smallest absolute Gasteiger partial charge is 0.359 e. The lowest BCUT2D eigenvalue weighted by Crippen LogP contribution is -2.19. The van der Waals surface area contributed by atoms with E-state index in [1.165, 1.54) is 26.5 Å². The van der Waals surface area contributed by atoms with Gasteiger partial charge in [-0.3, -0.25) is 9.36 Å². The first-order chi connectivity index (χ1) is 12.6. The number of methoxy groups -OCH3 is 2. The summed E-state index contributed by atoms with van der Waals surface area (Å²) in [6.07, 6.45) is 6.09. The van der Waals surface area contributed by atoms with Crippen LogP contribution >= 0.6 is 0 Å². The first-order valence-corrected chi connectivity index (χ1v) is 7.25. The van der Waals surface area contributed by atoms with Crippen molar-refractivity contribution in [3.63, 3.8) is 0 Å². The van der Waals surface area contributed by atoms with E-state index in [0.717, 1.165) is 0 Å². The highest BCUT2D eigenvalue weighted by atomic mass is 16.5. The van der Waals surface area contributed by atoms with Crippen LogP contribution in [0.5, 0.6) is 6.01 Å². The largest absolute Gasteiger partial charge is 0.467 e. The lowest BCUT2D eigenvalue weighted by Gasteiger charge is -2.09. The third-order valence-corrected chi connectivity index (χ3v) is 3.23. The van der Waals surface area contributed by atoms with Crippen molar-refractivity contribution in [2.75, 3.05) is 19.5 Å². The van der Waals surface area contributed by atoms with Crippen LogP contribution in [0.25, 0.3) is 5.82 Å². The minimum atomic E-state index is -0.748. The van der Waals surface area contributed by atoms with Crippen LogP contribution < -0.4 is 10.1 Å². The van der Waals surface area contributed by atoms with Crippen molar-refractivity contribution in [2.24, 2.45) is 0 Å². The molecular formula is C15H13N7O4. The SMILES string of the molecule is COC(=O)c1nc(OC)ncc1NC(=O)c1ccc(-n2ccnc2)nn1. The Hall–Kier alpha value is -3.89. The van der Waals surface area contributed by atoms with Crippen LogP contribution in [0.3, 0.4) is 0 Å². The van der Waals surface area contributed by atoms with Crippen LogP contribution in [0.4, 0.5) is 5.69 Å². The molecule has 11 nitrogen and oxygen atoms in total. The van der Waals surface area contributed by atoms with Crippen molar-refractivity contribution in [1.29, 1.82) is 0 Å². The van der Waals surface area contributed by atoms with Crippen molar-refractivity contribution in [3.8, 4) is 11.8 Å². The number of imidazole rings is 1. The zero-order valence-electron chi connectivity index (χ0n) is 13.8. The van der Waals surface area contributed by atoms with Gasteiger partial charge in [-0.2, -0.15) is 4.98 Å². The molecule has 1 amide bonds. The summed E-state index contributed by atoms with van der Waals surface area (Å²) in [7, 11) is 2.55. The minimum Gasteiger partial charge on any atom is -0.467 e. The van der Waals surface area contributed by atoms with Gasteiger partial charge in [0, 0.05) is 12.4 Å². The minimum absolute atomic E-state index is 0.0344. The van der Waals surface area contributed by atoms with E-state index in [1.54, 1.807) is 29.4 Å². The molecule has 0 radical (unpaired) electrons. The summed E-state index contributed by atoms with van der Waals surface area (Å²) < 4.78 is 11.2. The van der Waals surface area contributed by atoms with Gasteiger partial charge in [0.2, 0.25) is 0 Å². The molecule has 0 aliphatic heterocycles. The number of rotatable bonds is 5. The van der Waals surface area contributed by atoms with Gasteiger partial charge < -0.3 is 14.8 Å². The Morgan fingerprint density at radius 1 is 1.19 bits per heavy atom. The Kier molecular flexibility index (Phi) is 4.78. The molecule has 0 fully saturated rings. The van der Waals surface area contributed by atoms with Crippen LogP contribution in [0.2, 0.25) is 0 Å². The molecule has 3 heterocycles. The Morgan fingerprint density at radius 3 is 2.65 bits per heavy atom. The summed E-state index contributed by atoms with van der Waals surface area (Å²) in [6.45, 7) is 0. The van der Waals surface area contributed by atoms with E-state index < -0.39 is 11.9 Å². The van der Waals surface area contributed by atoms with E-state index >= 15 is 0 Å². The van der Waals surface area contributed by atoms with Crippen molar-refractivity contribution >= 4 is 17.6 Å². The van der Waals surface area contributed by atoms with E-state index in [-0.39, 0.29) is 23.1 Å². The van der Waals surface area contributed by atoms with Gasteiger partial charge in [-0.05, 0) is 12.1 Å². The molecule has 3 aromatic rings. The second-order valence-electron chi connectivity index (χ2n) is 4.81. The van der Waals surface area contributed by atoms with Gasteiger partial charge in [-0.25, -0.2) is 14.8 Å². The predicted molar refractivity (Wildman–Crippen MR) is 87.0 cm³/mol. The van der Waals surface area contributed by atoms with Crippen LogP contribution in [-0.2, 0) is 4.74 Å². The number of hydrogen-bond acceptors (Lipinski definition) is 9. The van der Waals surface area contributed by atoms with Crippen molar-refractivity contribution in [3.05, 3.63) is 48.4 Å². The van der Waals surface area contributed by atoms with Crippen LogP contribution in [-0.4, -0.2) is 55.8 Å². The summed E-state index contributed by atoms with van der Waals surface area (Å²) in [5.41, 5.74) is -0.0423. The molecule has 0 aliphatic rings. The van der Waals surface area contributed by atoms with Gasteiger partial charge in [-0.1, -0.05) is 0 Å². The maximum Gasteiger partial charge on any atom is 0.359 e. The summed E-state index contributed by atoms with van der Waals surface area (Å²) in [4.78, 5) is 35.9. The fraction of sp³-hybridized carbons (Fsp3) is 0.133. The molecule has 11 heteroatoms. The molecule has 0 unspecified atom stereocenters. The third-order valence-electron chi connectivity index (χ3n) is 3.23. The highest BCUT2D eigenvalue weighted by Crippen LogP contribution is 2.17. The Bertz CT molecular complexity index is 926. The van der Waals surface area contributed by atoms with E-state index in [2.05, 4.69) is 35.2 Å². The number of anilines is 1. The first-order valence-electron chi connectivity index (χ1n) is 7.25.